The van der Waals surface area contributed by atoms with Gasteiger partial charge in [-0.15, -0.1) is 11.3 Å². The van der Waals surface area contributed by atoms with E-state index < -0.39 is 0 Å². The van der Waals surface area contributed by atoms with Crippen molar-refractivity contribution in [2.45, 2.75) is 31.8 Å². The molecule has 1 aliphatic heterocycles. The van der Waals surface area contributed by atoms with Gasteiger partial charge in [0.25, 0.3) is 0 Å². The van der Waals surface area contributed by atoms with E-state index in [9.17, 15) is 4.79 Å². The van der Waals surface area contributed by atoms with Gasteiger partial charge in [0, 0.05) is 16.6 Å². The van der Waals surface area contributed by atoms with Gasteiger partial charge in [0.2, 0.25) is 5.91 Å². The molecule has 4 rings (SSSR count). The molecular formula is C21H22N2OS. The first-order valence-electron chi connectivity index (χ1n) is 8.81. The van der Waals surface area contributed by atoms with Gasteiger partial charge in [-0.2, -0.15) is 0 Å². The van der Waals surface area contributed by atoms with Crippen LogP contribution in [0.1, 0.15) is 30.7 Å². The molecule has 3 aromatic rings. The Morgan fingerprint density at radius 2 is 2.00 bits per heavy atom. The fourth-order valence-corrected chi connectivity index (χ4v) is 4.59. The molecule has 4 heteroatoms. The van der Waals surface area contributed by atoms with Gasteiger partial charge >= 0.3 is 0 Å². The highest BCUT2D eigenvalue weighted by Gasteiger charge is 2.33. The minimum Gasteiger partial charge on any atom is -0.325 e. The van der Waals surface area contributed by atoms with Gasteiger partial charge in [0.05, 0.1) is 6.04 Å². The zero-order chi connectivity index (χ0) is 17.2. The molecule has 0 unspecified atom stereocenters. The summed E-state index contributed by atoms with van der Waals surface area (Å²) in [6.07, 6.45) is 2.28. The molecule has 0 spiro atoms. The summed E-state index contributed by atoms with van der Waals surface area (Å²) in [6.45, 7) is 3.00. The number of nitrogens with zero attached hydrogens (tertiary/aromatic N) is 1. The maximum Gasteiger partial charge on any atom is 0.241 e. The summed E-state index contributed by atoms with van der Waals surface area (Å²) >= 11 is 1.79. The summed E-state index contributed by atoms with van der Waals surface area (Å²) in [7, 11) is 0. The van der Waals surface area contributed by atoms with E-state index in [2.05, 4.69) is 45.9 Å². The van der Waals surface area contributed by atoms with Crippen LogP contribution in [-0.2, 0) is 4.79 Å². The Morgan fingerprint density at radius 3 is 2.80 bits per heavy atom. The van der Waals surface area contributed by atoms with E-state index in [4.69, 9.17) is 0 Å². The number of likely N-dealkylation sites (tertiary alicyclic amines) is 1. The summed E-state index contributed by atoms with van der Waals surface area (Å²) < 4.78 is 0. The Balaban J connectivity index is 1.49. The summed E-state index contributed by atoms with van der Waals surface area (Å²) in [4.78, 5) is 16.5. The van der Waals surface area contributed by atoms with Gasteiger partial charge in [-0.3, -0.25) is 9.69 Å². The number of thiophene rings is 1. The largest absolute Gasteiger partial charge is 0.325 e. The minimum absolute atomic E-state index is 0.0683. The maximum absolute atomic E-state index is 12.8. The number of nitrogens with one attached hydrogen (secondary N) is 1. The Bertz CT molecular complexity index is 874. The molecule has 0 bridgehead atoms. The number of carbonyl (C=O) groups excluding carboxylic acids is 1. The summed E-state index contributed by atoms with van der Waals surface area (Å²) in [5.41, 5.74) is 0.863. The van der Waals surface area contributed by atoms with Crippen LogP contribution in [0.3, 0.4) is 0 Å². The Labute approximate surface area is 152 Å². The first-order chi connectivity index (χ1) is 12.2. The van der Waals surface area contributed by atoms with Crippen LogP contribution >= 0.6 is 11.3 Å². The predicted octanol–water partition coefficient (Wildman–Crippen LogP) is 5.07. The van der Waals surface area contributed by atoms with Crippen LogP contribution in [0.4, 0.5) is 5.69 Å². The number of hydrogen-bond donors (Lipinski definition) is 1. The first kappa shape index (κ1) is 16.3. The summed E-state index contributed by atoms with van der Waals surface area (Å²) in [6, 6.07) is 18.8. The molecule has 1 amide bonds. The summed E-state index contributed by atoms with van der Waals surface area (Å²) in [5.74, 6) is 0.0683. The van der Waals surface area contributed by atoms with Crippen LogP contribution in [-0.4, -0.2) is 23.4 Å². The Hall–Kier alpha value is -2.17. The van der Waals surface area contributed by atoms with Gasteiger partial charge in [-0.05, 0) is 60.7 Å². The third kappa shape index (κ3) is 3.32. The van der Waals surface area contributed by atoms with Crippen molar-refractivity contribution < 1.29 is 4.79 Å². The van der Waals surface area contributed by atoms with Crippen molar-refractivity contribution in [3.63, 3.8) is 0 Å². The average molecular weight is 350 g/mol. The fourth-order valence-electron chi connectivity index (χ4n) is 3.70. The SMILES string of the molecule is C[C@@H](C(=O)Nc1ccc2ccccc2c1)N1CCC[C@@H]1c1cccs1. The zero-order valence-corrected chi connectivity index (χ0v) is 15.1. The van der Waals surface area contributed by atoms with Crippen LogP contribution in [0.5, 0.6) is 0 Å². The standard InChI is InChI=1S/C21H22N2OS/c1-15(23-12-4-8-19(23)20-9-5-13-25-20)21(24)22-18-11-10-16-6-2-3-7-17(16)14-18/h2-3,5-7,9-11,13-15,19H,4,8,12H2,1H3,(H,22,24)/t15-,19+/m0/s1. The third-order valence-corrected chi connectivity index (χ3v) is 6.03. The monoisotopic (exact) mass is 350 g/mol. The fraction of sp³-hybridized carbons (Fsp3) is 0.286. The van der Waals surface area contributed by atoms with Crippen LogP contribution in [0, 0.1) is 0 Å². The number of benzene rings is 2. The molecule has 25 heavy (non-hydrogen) atoms. The van der Waals surface area contributed by atoms with Gasteiger partial charge < -0.3 is 5.32 Å². The van der Waals surface area contributed by atoms with Crippen molar-refractivity contribution in [1.29, 1.82) is 0 Å². The lowest BCUT2D eigenvalue weighted by molar-refractivity contribution is -0.121. The molecule has 2 atom stereocenters. The highest BCUT2D eigenvalue weighted by Crippen LogP contribution is 2.36. The number of anilines is 1. The summed E-state index contributed by atoms with van der Waals surface area (Å²) in [5, 5.41) is 7.55. The van der Waals surface area contributed by atoms with E-state index in [1.54, 1.807) is 11.3 Å². The van der Waals surface area contributed by atoms with Crippen molar-refractivity contribution in [2.24, 2.45) is 0 Å². The van der Waals surface area contributed by atoms with Crippen LogP contribution in [0.15, 0.2) is 60.0 Å². The maximum atomic E-state index is 12.8. The lowest BCUT2D eigenvalue weighted by Gasteiger charge is -2.29. The van der Waals surface area contributed by atoms with E-state index in [-0.39, 0.29) is 11.9 Å². The van der Waals surface area contributed by atoms with Gasteiger partial charge in [-0.1, -0.05) is 36.4 Å². The number of fused-ring (bicyclic) bond motifs is 1. The van der Waals surface area contributed by atoms with Crippen molar-refractivity contribution in [2.75, 3.05) is 11.9 Å². The molecule has 1 N–H and O–H groups in total. The highest BCUT2D eigenvalue weighted by atomic mass is 32.1. The van der Waals surface area contributed by atoms with Crippen LogP contribution in [0.25, 0.3) is 10.8 Å². The molecular weight excluding hydrogens is 328 g/mol. The smallest absolute Gasteiger partial charge is 0.241 e. The topological polar surface area (TPSA) is 32.3 Å². The quantitative estimate of drug-likeness (QED) is 0.713. The van der Waals surface area contributed by atoms with Crippen molar-refractivity contribution >= 4 is 33.7 Å². The lowest BCUT2D eigenvalue weighted by Crippen LogP contribution is -2.41. The normalized spacial score (nSPS) is 19.2. The molecule has 0 radical (unpaired) electrons. The molecule has 1 saturated heterocycles. The van der Waals surface area contributed by atoms with E-state index in [1.807, 2.05) is 31.2 Å². The van der Waals surface area contributed by atoms with Gasteiger partial charge in [0.15, 0.2) is 0 Å². The van der Waals surface area contributed by atoms with Crippen molar-refractivity contribution in [3.8, 4) is 0 Å². The molecule has 0 saturated carbocycles. The van der Waals surface area contributed by atoms with Gasteiger partial charge in [0.1, 0.15) is 0 Å². The molecule has 1 aliphatic rings. The van der Waals surface area contributed by atoms with E-state index in [0.29, 0.717) is 6.04 Å². The molecule has 2 heterocycles. The number of hydrogen-bond acceptors (Lipinski definition) is 3. The van der Waals surface area contributed by atoms with E-state index in [0.717, 1.165) is 30.5 Å². The third-order valence-electron chi connectivity index (χ3n) is 5.06. The zero-order valence-electron chi connectivity index (χ0n) is 14.3. The second-order valence-electron chi connectivity index (χ2n) is 6.64. The van der Waals surface area contributed by atoms with Crippen molar-refractivity contribution in [1.82, 2.24) is 4.90 Å². The van der Waals surface area contributed by atoms with Crippen molar-refractivity contribution in [3.05, 3.63) is 64.9 Å². The molecule has 1 aromatic heterocycles. The predicted molar refractivity (Wildman–Crippen MR) is 105 cm³/mol. The molecule has 1 fully saturated rings. The number of rotatable bonds is 4. The van der Waals surface area contributed by atoms with E-state index in [1.165, 1.54) is 10.3 Å². The molecule has 128 valence electrons. The first-order valence-corrected chi connectivity index (χ1v) is 9.69. The second-order valence-corrected chi connectivity index (χ2v) is 7.62. The number of amides is 1. The highest BCUT2D eigenvalue weighted by molar-refractivity contribution is 7.10. The Kier molecular flexibility index (Phi) is 4.55. The molecule has 3 nitrogen and oxygen atoms in total. The number of carbonyl (C=O) groups is 1. The Morgan fingerprint density at radius 1 is 1.16 bits per heavy atom. The second kappa shape index (κ2) is 6.98. The van der Waals surface area contributed by atoms with Crippen LogP contribution in [0.2, 0.25) is 0 Å². The molecule has 0 aliphatic carbocycles. The minimum atomic E-state index is -0.138. The van der Waals surface area contributed by atoms with Gasteiger partial charge in [-0.25, -0.2) is 0 Å². The average Bonchev–Trinajstić information content (AvgIpc) is 3.32. The lowest BCUT2D eigenvalue weighted by atomic mass is 10.1. The molecule has 2 aromatic carbocycles. The van der Waals surface area contributed by atoms with E-state index >= 15 is 0 Å². The van der Waals surface area contributed by atoms with Crippen LogP contribution < -0.4 is 5.32 Å².